The van der Waals surface area contributed by atoms with E-state index in [0.29, 0.717) is 12.5 Å². The Morgan fingerprint density at radius 2 is 2.22 bits per heavy atom. The first-order valence-corrected chi connectivity index (χ1v) is 7.06. The number of para-hydroxylation sites is 1. The largest absolute Gasteiger partial charge is 0.377 e. The van der Waals surface area contributed by atoms with E-state index in [1.165, 1.54) is 19.5 Å². The monoisotopic (exact) mass is 265 g/mol. The molecule has 2 bridgehead atoms. The molecule has 3 rings (SSSR count). The maximum atomic E-state index is 6.25. The molecule has 0 spiro atoms. The molecule has 3 nitrogen and oxygen atoms in total. The van der Waals surface area contributed by atoms with Crippen LogP contribution < -0.4 is 11.1 Å². The Labute approximate surface area is 113 Å². The summed E-state index contributed by atoms with van der Waals surface area (Å²) in [4.78, 5) is 2.53. The lowest BCUT2D eigenvalue weighted by Crippen LogP contribution is -2.56. The maximum Gasteiger partial charge on any atom is 0.0637 e. The number of halogens is 1. The Morgan fingerprint density at radius 3 is 3.00 bits per heavy atom. The molecule has 0 radical (unpaired) electrons. The van der Waals surface area contributed by atoms with Gasteiger partial charge in [0, 0.05) is 19.6 Å². The van der Waals surface area contributed by atoms with Gasteiger partial charge >= 0.3 is 0 Å². The lowest BCUT2D eigenvalue weighted by Gasteiger charge is -2.43. The molecule has 0 aromatic heterocycles. The zero-order valence-electron chi connectivity index (χ0n) is 10.5. The van der Waals surface area contributed by atoms with E-state index >= 15 is 0 Å². The van der Waals surface area contributed by atoms with Crippen molar-refractivity contribution in [1.29, 1.82) is 0 Å². The van der Waals surface area contributed by atoms with Gasteiger partial charge in [-0.15, -0.1) is 0 Å². The number of rotatable bonds is 3. The molecule has 1 aromatic rings. The fraction of sp³-hybridized carbons (Fsp3) is 0.571. The molecule has 2 aliphatic rings. The van der Waals surface area contributed by atoms with Crippen LogP contribution in [0.5, 0.6) is 0 Å². The second kappa shape index (κ2) is 4.72. The summed E-state index contributed by atoms with van der Waals surface area (Å²) >= 11 is 6.25. The third-order valence-electron chi connectivity index (χ3n) is 4.55. The highest BCUT2D eigenvalue weighted by molar-refractivity contribution is 6.33. The van der Waals surface area contributed by atoms with Gasteiger partial charge in [-0.2, -0.15) is 0 Å². The van der Waals surface area contributed by atoms with Gasteiger partial charge in [0.2, 0.25) is 0 Å². The Balaban J connectivity index is 1.86. The van der Waals surface area contributed by atoms with Crippen LogP contribution in [-0.4, -0.2) is 36.6 Å². The quantitative estimate of drug-likeness (QED) is 0.880. The van der Waals surface area contributed by atoms with Crippen LogP contribution in [0, 0.1) is 5.92 Å². The number of nitrogens with two attached hydrogens (primary N) is 1. The minimum Gasteiger partial charge on any atom is -0.377 e. The van der Waals surface area contributed by atoms with Crippen LogP contribution in [0.3, 0.4) is 0 Å². The van der Waals surface area contributed by atoms with Crippen molar-refractivity contribution in [2.75, 3.05) is 31.5 Å². The summed E-state index contributed by atoms with van der Waals surface area (Å²) in [6.45, 7) is 4.22. The summed E-state index contributed by atoms with van der Waals surface area (Å²) in [7, 11) is 0. The summed E-state index contributed by atoms with van der Waals surface area (Å²) in [6, 6.07) is 7.95. The number of hydrogen-bond donors (Lipinski definition) is 2. The first kappa shape index (κ1) is 12.3. The zero-order valence-corrected chi connectivity index (χ0v) is 11.3. The van der Waals surface area contributed by atoms with Gasteiger partial charge in [-0.3, -0.25) is 0 Å². The van der Waals surface area contributed by atoms with Gasteiger partial charge in [-0.05, 0) is 37.4 Å². The minimum absolute atomic E-state index is 0.0258. The van der Waals surface area contributed by atoms with E-state index < -0.39 is 0 Å². The van der Waals surface area contributed by atoms with Crippen LogP contribution in [0.1, 0.15) is 12.8 Å². The second-order valence-corrected chi connectivity index (χ2v) is 5.91. The molecule has 3 atom stereocenters. The molecule has 2 fully saturated rings. The van der Waals surface area contributed by atoms with Gasteiger partial charge in [0.1, 0.15) is 0 Å². The highest BCUT2D eigenvalue weighted by atomic mass is 35.5. The number of fused-ring (bicyclic) bond motifs is 2. The molecule has 2 aliphatic heterocycles. The Hall–Kier alpha value is -0.770. The fourth-order valence-electron chi connectivity index (χ4n) is 3.36. The maximum absolute atomic E-state index is 6.25. The molecular formula is C14H20ClN3. The van der Waals surface area contributed by atoms with Crippen molar-refractivity contribution in [2.24, 2.45) is 11.7 Å². The van der Waals surface area contributed by atoms with Crippen LogP contribution in [0.4, 0.5) is 5.69 Å². The first-order valence-electron chi connectivity index (χ1n) is 6.69. The third-order valence-corrected chi connectivity index (χ3v) is 4.88. The van der Waals surface area contributed by atoms with Crippen molar-refractivity contribution in [2.45, 2.75) is 18.4 Å². The van der Waals surface area contributed by atoms with E-state index in [0.717, 1.165) is 23.7 Å². The normalized spacial score (nSPS) is 34.6. The summed E-state index contributed by atoms with van der Waals surface area (Å²) in [5, 5.41) is 4.44. The lowest BCUT2D eigenvalue weighted by atomic mass is 9.78. The van der Waals surface area contributed by atoms with Gasteiger partial charge in [-0.1, -0.05) is 23.7 Å². The highest BCUT2D eigenvalue weighted by Gasteiger charge is 2.45. The predicted octanol–water partition coefficient (Wildman–Crippen LogP) is 2.17. The molecule has 3 unspecified atom stereocenters. The average molecular weight is 266 g/mol. The van der Waals surface area contributed by atoms with Gasteiger partial charge < -0.3 is 16.0 Å². The number of nitrogens with one attached hydrogen (secondary N) is 1. The number of piperidine rings is 1. The van der Waals surface area contributed by atoms with Crippen molar-refractivity contribution in [3.05, 3.63) is 29.3 Å². The number of nitrogens with zero attached hydrogens (tertiary/aromatic N) is 1. The topological polar surface area (TPSA) is 41.3 Å². The molecule has 0 amide bonds. The van der Waals surface area contributed by atoms with Crippen molar-refractivity contribution in [3.63, 3.8) is 0 Å². The van der Waals surface area contributed by atoms with Gasteiger partial charge in [0.25, 0.3) is 0 Å². The zero-order chi connectivity index (χ0) is 12.6. The molecule has 18 heavy (non-hydrogen) atoms. The van der Waals surface area contributed by atoms with E-state index in [2.05, 4.69) is 10.2 Å². The first-order chi connectivity index (χ1) is 8.73. The molecule has 2 saturated heterocycles. The molecule has 0 aliphatic carbocycles. The van der Waals surface area contributed by atoms with Gasteiger partial charge in [-0.25, -0.2) is 0 Å². The van der Waals surface area contributed by atoms with Crippen molar-refractivity contribution in [1.82, 2.24) is 4.90 Å². The number of benzene rings is 1. The summed E-state index contributed by atoms with van der Waals surface area (Å²) in [6.07, 6.45) is 2.36. The van der Waals surface area contributed by atoms with E-state index in [9.17, 15) is 0 Å². The van der Waals surface area contributed by atoms with Crippen LogP contribution in [0.15, 0.2) is 24.3 Å². The summed E-state index contributed by atoms with van der Waals surface area (Å²) < 4.78 is 0. The molecule has 1 aromatic carbocycles. The SMILES string of the molecule is NCC1(Nc2ccccc2Cl)CCN2CCC1C2. The van der Waals surface area contributed by atoms with Gasteiger partial charge in [0.05, 0.1) is 16.2 Å². The molecular weight excluding hydrogens is 246 g/mol. The average Bonchev–Trinajstić information content (AvgIpc) is 2.80. The van der Waals surface area contributed by atoms with Gasteiger partial charge in [0.15, 0.2) is 0 Å². The van der Waals surface area contributed by atoms with Crippen molar-refractivity contribution >= 4 is 17.3 Å². The van der Waals surface area contributed by atoms with Crippen LogP contribution in [-0.2, 0) is 0 Å². The summed E-state index contributed by atoms with van der Waals surface area (Å²) in [5.41, 5.74) is 7.14. The smallest absolute Gasteiger partial charge is 0.0637 e. The molecule has 2 heterocycles. The van der Waals surface area contributed by atoms with E-state index in [-0.39, 0.29) is 5.54 Å². The molecule has 0 saturated carbocycles. The highest BCUT2D eigenvalue weighted by Crippen LogP contribution is 2.38. The van der Waals surface area contributed by atoms with Crippen molar-refractivity contribution < 1.29 is 0 Å². The Kier molecular flexibility index (Phi) is 3.22. The third kappa shape index (κ3) is 2.00. The molecule has 98 valence electrons. The second-order valence-electron chi connectivity index (χ2n) is 5.50. The number of hydrogen-bond acceptors (Lipinski definition) is 3. The summed E-state index contributed by atoms with van der Waals surface area (Å²) in [5.74, 6) is 0.646. The Bertz CT molecular complexity index is 437. The van der Waals surface area contributed by atoms with Crippen molar-refractivity contribution in [3.8, 4) is 0 Å². The standard InChI is InChI=1S/C14H20ClN3/c15-12-3-1-2-4-13(12)17-14(10-16)6-8-18-7-5-11(14)9-18/h1-4,11,17H,5-10,16H2. The van der Waals surface area contributed by atoms with E-state index in [4.69, 9.17) is 17.3 Å². The van der Waals surface area contributed by atoms with Crippen LogP contribution in [0.2, 0.25) is 5.02 Å². The Morgan fingerprint density at radius 1 is 1.39 bits per heavy atom. The van der Waals surface area contributed by atoms with E-state index in [1.54, 1.807) is 0 Å². The van der Waals surface area contributed by atoms with Crippen LogP contribution >= 0.6 is 11.6 Å². The molecule has 3 N–H and O–H groups in total. The minimum atomic E-state index is 0.0258. The van der Waals surface area contributed by atoms with Crippen LogP contribution in [0.25, 0.3) is 0 Å². The predicted molar refractivity (Wildman–Crippen MR) is 76.0 cm³/mol. The number of anilines is 1. The van der Waals surface area contributed by atoms with E-state index in [1.807, 2.05) is 24.3 Å². The fourth-order valence-corrected chi connectivity index (χ4v) is 3.55. The lowest BCUT2D eigenvalue weighted by molar-refractivity contribution is 0.190. The molecule has 4 heteroatoms.